The third-order valence-electron chi connectivity index (χ3n) is 3.56. The van der Waals surface area contributed by atoms with E-state index in [4.69, 9.17) is 0 Å². The Labute approximate surface area is 143 Å². The summed E-state index contributed by atoms with van der Waals surface area (Å²) < 4.78 is 11.3. The van der Waals surface area contributed by atoms with Crippen LogP contribution in [0.15, 0.2) is 54.6 Å². The number of carbonyl (C=O) groups excluding carboxylic acids is 2. The van der Waals surface area contributed by atoms with E-state index in [-0.39, 0.29) is 17.1 Å². The van der Waals surface area contributed by atoms with Crippen LogP contribution in [0.1, 0.15) is 27.6 Å². The lowest BCUT2D eigenvalue weighted by Crippen LogP contribution is -2.32. The highest BCUT2D eigenvalue weighted by Gasteiger charge is 2.11. The molecule has 0 aliphatic heterocycles. The Morgan fingerprint density at radius 1 is 0.958 bits per heavy atom. The summed E-state index contributed by atoms with van der Waals surface area (Å²) in [6, 6.07) is 15.6. The number of rotatable bonds is 6. The molecule has 2 rings (SSSR count). The lowest BCUT2D eigenvalue weighted by molar-refractivity contribution is 0.0952. The Morgan fingerprint density at radius 2 is 1.50 bits per heavy atom. The monoisotopic (exact) mass is 344 g/mol. The molecule has 0 aromatic heterocycles. The lowest BCUT2D eigenvalue weighted by Gasteiger charge is -2.10. The molecule has 0 heterocycles. The van der Waals surface area contributed by atoms with Gasteiger partial charge in [0, 0.05) is 45.7 Å². The third kappa shape index (κ3) is 5.03. The predicted molar refractivity (Wildman–Crippen MR) is 96.7 cm³/mol. The molecule has 0 saturated heterocycles. The van der Waals surface area contributed by atoms with Gasteiger partial charge in [-0.15, -0.1) is 0 Å². The highest BCUT2D eigenvalue weighted by Crippen LogP contribution is 2.10. The molecule has 2 amide bonds. The van der Waals surface area contributed by atoms with Gasteiger partial charge in [-0.25, -0.2) is 0 Å². The molecule has 0 aliphatic carbocycles. The van der Waals surface area contributed by atoms with E-state index in [0.717, 1.165) is 0 Å². The summed E-state index contributed by atoms with van der Waals surface area (Å²) in [6.45, 7) is 2.16. The van der Waals surface area contributed by atoms with Crippen LogP contribution in [0.4, 0.5) is 5.69 Å². The molecule has 0 spiro atoms. The lowest BCUT2D eigenvalue weighted by atomic mass is 10.1. The molecule has 0 radical (unpaired) electrons. The molecular weight excluding hydrogens is 324 g/mol. The van der Waals surface area contributed by atoms with Crippen LogP contribution in [0.2, 0.25) is 0 Å². The quantitative estimate of drug-likeness (QED) is 0.845. The maximum Gasteiger partial charge on any atom is 0.255 e. The summed E-state index contributed by atoms with van der Waals surface area (Å²) in [6.07, 6.45) is 1.61. The van der Waals surface area contributed by atoms with Gasteiger partial charge in [0.2, 0.25) is 0 Å². The second kappa shape index (κ2) is 8.40. The molecular formula is C18H20N2O3S. The molecule has 2 atom stereocenters. The van der Waals surface area contributed by atoms with Crippen LogP contribution < -0.4 is 10.6 Å². The molecule has 0 aliphatic rings. The molecule has 0 saturated carbocycles. The number of anilines is 1. The van der Waals surface area contributed by atoms with Gasteiger partial charge in [-0.1, -0.05) is 18.2 Å². The van der Waals surface area contributed by atoms with Crippen molar-refractivity contribution in [1.82, 2.24) is 5.32 Å². The summed E-state index contributed by atoms with van der Waals surface area (Å²) in [4.78, 5) is 24.2. The zero-order valence-electron chi connectivity index (χ0n) is 13.6. The number of para-hydroxylation sites is 1. The fourth-order valence-electron chi connectivity index (χ4n) is 1.95. The molecule has 2 aromatic rings. The summed E-state index contributed by atoms with van der Waals surface area (Å²) in [5, 5.41) is 5.42. The maximum absolute atomic E-state index is 12.1. The molecule has 0 unspecified atom stereocenters. The summed E-state index contributed by atoms with van der Waals surface area (Å²) in [7, 11) is -0.980. The van der Waals surface area contributed by atoms with Crippen LogP contribution in [0, 0.1) is 0 Å². The van der Waals surface area contributed by atoms with Crippen LogP contribution in [0.3, 0.4) is 0 Å². The average molecular weight is 344 g/mol. The molecule has 6 heteroatoms. The van der Waals surface area contributed by atoms with E-state index in [1.54, 1.807) is 42.7 Å². The summed E-state index contributed by atoms with van der Waals surface area (Å²) in [5.74, 6) is -0.481. The Hall–Kier alpha value is -2.47. The first-order valence-corrected chi connectivity index (χ1v) is 9.16. The van der Waals surface area contributed by atoms with Crippen LogP contribution in [0.25, 0.3) is 0 Å². The van der Waals surface area contributed by atoms with Gasteiger partial charge >= 0.3 is 0 Å². The van der Waals surface area contributed by atoms with Crippen molar-refractivity contribution in [2.75, 3.05) is 18.1 Å². The number of nitrogens with one attached hydrogen (secondary N) is 2. The van der Waals surface area contributed by atoms with Crippen molar-refractivity contribution in [1.29, 1.82) is 0 Å². The van der Waals surface area contributed by atoms with E-state index < -0.39 is 10.8 Å². The molecule has 2 aromatic carbocycles. The van der Waals surface area contributed by atoms with E-state index >= 15 is 0 Å². The first-order valence-electron chi connectivity index (χ1n) is 7.54. The predicted octanol–water partition coefficient (Wildman–Crippen LogP) is 2.44. The van der Waals surface area contributed by atoms with Gasteiger partial charge in [0.15, 0.2) is 0 Å². The number of hydrogen-bond acceptors (Lipinski definition) is 3. The Bertz CT molecular complexity index is 730. The zero-order chi connectivity index (χ0) is 17.5. The Morgan fingerprint density at radius 3 is 2.04 bits per heavy atom. The van der Waals surface area contributed by atoms with Crippen molar-refractivity contribution >= 4 is 28.3 Å². The highest BCUT2D eigenvalue weighted by molar-refractivity contribution is 7.84. The largest absolute Gasteiger partial charge is 0.351 e. The molecule has 5 nitrogen and oxygen atoms in total. The van der Waals surface area contributed by atoms with E-state index in [1.165, 1.54) is 0 Å². The number of carbonyl (C=O) groups is 2. The molecule has 0 bridgehead atoms. The molecule has 24 heavy (non-hydrogen) atoms. The first kappa shape index (κ1) is 17.9. The third-order valence-corrected chi connectivity index (χ3v) is 4.86. The normalized spacial score (nSPS) is 12.9. The van der Waals surface area contributed by atoms with Crippen LogP contribution in [-0.2, 0) is 10.8 Å². The van der Waals surface area contributed by atoms with Crippen molar-refractivity contribution in [3.63, 3.8) is 0 Å². The minimum atomic E-state index is -0.980. The van der Waals surface area contributed by atoms with E-state index in [0.29, 0.717) is 23.4 Å². The van der Waals surface area contributed by atoms with E-state index in [1.807, 2.05) is 25.1 Å². The Kier molecular flexibility index (Phi) is 6.26. The van der Waals surface area contributed by atoms with Gasteiger partial charge in [-0.2, -0.15) is 0 Å². The minimum absolute atomic E-state index is 0.107. The molecule has 2 N–H and O–H groups in total. The molecule has 126 valence electrons. The van der Waals surface area contributed by atoms with Crippen molar-refractivity contribution in [3.8, 4) is 0 Å². The number of benzene rings is 2. The van der Waals surface area contributed by atoms with E-state index in [2.05, 4.69) is 10.6 Å². The van der Waals surface area contributed by atoms with Gasteiger partial charge in [-0.05, 0) is 43.3 Å². The zero-order valence-corrected chi connectivity index (χ0v) is 14.4. The summed E-state index contributed by atoms with van der Waals surface area (Å²) >= 11 is 0. The second-order valence-electron chi connectivity index (χ2n) is 5.42. The van der Waals surface area contributed by atoms with Gasteiger partial charge in [0.25, 0.3) is 11.8 Å². The first-order chi connectivity index (χ1) is 11.5. The van der Waals surface area contributed by atoms with Gasteiger partial charge in [-0.3, -0.25) is 13.8 Å². The van der Waals surface area contributed by atoms with Crippen molar-refractivity contribution in [3.05, 3.63) is 65.7 Å². The number of hydrogen-bond donors (Lipinski definition) is 2. The molecule has 0 fully saturated rings. The minimum Gasteiger partial charge on any atom is -0.351 e. The fourth-order valence-corrected chi connectivity index (χ4v) is 2.27. The van der Waals surface area contributed by atoms with Crippen LogP contribution in [-0.4, -0.2) is 34.1 Å². The average Bonchev–Trinajstić information content (AvgIpc) is 2.60. The Balaban J connectivity index is 1.96. The van der Waals surface area contributed by atoms with E-state index in [9.17, 15) is 13.8 Å². The van der Waals surface area contributed by atoms with Crippen LogP contribution in [0.5, 0.6) is 0 Å². The van der Waals surface area contributed by atoms with Crippen molar-refractivity contribution < 1.29 is 13.8 Å². The summed E-state index contributed by atoms with van der Waals surface area (Å²) in [5.41, 5.74) is 1.64. The van der Waals surface area contributed by atoms with Crippen LogP contribution >= 0.6 is 0 Å². The van der Waals surface area contributed by atoms with Crippen molar-refractivity contribution in [2.45, 2.75) is 12.2 Å². The van der Waals surface area contributed by atoms with Crippen molar-refractivity contribution in [2.24, 2.45) is 0 Å². The smallest absolute Gasteiger partial charge is 0.255 e. The topological polar surface area (TPSA) is 75.3 Å². The fraction of sp³-hybridized carbons (Fsp3) is 0.222. The van der Waals surface area contributed by atoms with Gasteiger partial charge < -0.3 is 10.6 Å². The SMILES string of the molecule is C[C@H](CNC(=O)c1ccc(C(=O)Nc2ccccc2)cc1)[S@@](C)=O. The standard InChI is InChI=1S/C18H20N2O3S/c1-13(24(2)23)12-19-17(21)14-8-10-15(11-9-14)18(22)20-16-6-4-3-5-7-16/h3-11,13H,12H2,1-2H3,(H,19,21)(H,20,22)/t13-,24-/m1/s1. The maximum atomic E-state index is 12.1. The highest BCUT2D eigenvalue weighted by atomic mass is 32.2. The number of amides is 2. The second-order valence-corrected chi connectivity index (χ2v) is 7.22. The van der Waals surface area contributed by atoms with Gasteiger partial charge in [0.05, 0.1) is 0 Å². The van der Waals surface area contributed by atoms with Gasteiger partial charge in [0.1, 0.15) is 0 Å².